The van der Waals surface area contributed by atoms with Crippen molar-refractivity contribution < 1.29 is 23.2 Å². The first kappa shape index (κ1) is 18.8. The molecule has 0 aliphatic heterocycles. The van der Waals surface area contributed by atoms with Gasteiger partial charge in [-0.15, -0.1) is 0 Å². The number of rotatable bonds is 10. The van der Waals surface area contributed by atoms with Crippen molar-refractivity contribution in [3.8, 4) is 0 Å². The second-order valence-electron chi connectivity index (χ2n) is 4.12. The van der Waals surface area contributed by atoms with E-state index in [4.69, 9.17) is 9.05 Å². The Labute approximate surface area is 119 Å². The van der Waals surface area contributed by atoms with Crippen molar-refractivity contribution >= 4 is 20.4 Å². The van der Waals surface area contributed by atoms with Crippen molar-refractivity contribution in [1.82, 2.24) is 0 Å². The van der Waals surface area contributed by atoms with Gasteiger partial charge in [0.15, 0.2) is 0 Å². The van der Waals surface area contributed by atoms with Crippen LogP contribution in [0, 0.1) is 0 Å². The van der Waals surface area contributed by atoms with E-state index in [1.165, 1.54) is 12.2 Å². The minimum atomic E-state index is -2.60. The second-order valence-corrected chi connectivity index (χ2v) is 4.93. The largest absolute Gasteiger partial charge is 0.702 e. The van der Waals surface area contributed by atoms with Crippen LogP contribution in [0.15, 0.2) is 9.98 Å². The molecule has 8 heteroatoms. The van der Waals surface area contributed by atoms with Gasteiger partial charge in [-0.05, 0) is 25.7 Å². The summed E-state index contributed by atoms with van der Waals surface area (Å²) in [6.07, 6.45) is 4.18. The van der Waals surface area contributed by atoms with Crippen molar-refractivity contribution in [3.63, 3.8) is 0 Å². The minimum absolute atomic E-state index is 0.339. The van der Waals surface area contributed by atoms with Crippen LogP contribution in [0.1, 0.15) is 53.4 Å². The Balaban J connectivity index is 5.08. The van der Waals surface area contributed by atoms with Gasteiger partial charge in [0.05, 0.1) is 0 Å². The van der Waals surface area contributed by atoms with Crippen molar-refractivity contribution in [2.24, 2.45) is 9.98 Å². The molecule has 20 heavy (non-hydrogen) atoms. The van der Waals surface area contributed by atoms with E-state index in [1.807, 2.05) is 0 Å². The number of isocyanates is 2. The molecular formula is C12H20N2O5P+. The molecule has 0 aliphatic carbocycles. The van der Waals surface area contributed by atoms with E-state index >= 15 is 0 Å². The van der Waals surface area contributed by atoms with Gasteiger partial charge in [0.25, 0.3) is 0 Å². The predicted molar refractivity (Wildman–Crippen MR) is 72.6 cm³/mol. The average molecular weight is 303 g/mol. The smallest absolute Gasteiger partial charge is 0.211 e. The molecule has 7 nitrogen and oxygen atoms in total. The zero-order valence-corrected chi connectivity index (χ0v) is 13.1. The Hall–Kier alpha value is -1.22. The zero-order chi connectivity index (χ0) is 15.6. The summed E-state index contributed by atoms with van der Waals surface area (Å²) in [5, 5.41) is 0. The van der Waals surface area contributed by atoms with Crippen molar-refractivity contribution in [3.05, 3.63) is 0 Å². The van der Waals surface area contributed by atoms with Gasteiger partial charge in [-0.1, -0.05) is 36.7 Å². The summed E-state index contributed by atoms with van der Waals surface area (Å²) in [5.74, 6) is 0. The third-order valence-corrected chi connectivity index (χ3v) is 4.18. The van der Waals surface area contributed by atoms with Crippen LogP contribution >= 0.6 is 8.25 Å². The maximum absolute atomic E-state index is 12.0. The lowest BCUT2D eigenvalue weighted by molar-refractivity contribution is 0.0115. The van der Waals surface area contributed by atoms with Gasteiger partial charge in [0, 0.05) is 4.57 Å². The lowest BCUT2D eigenvalue weighted by Crippen LogP contribution is -2.29. The minimum Gasteiger partial charge on any atom is -0.211 e. The molecule has 0 aromatic rings. The summed E-state index contributed by atoms with van der Waals surface area (Å²) in [6.45, 7) is 6.96. The Kier molecular flexibility index (Phi) is 8.31. The van der Waals surface area contributed by atoms with Gasteiger partial charge in [-0.3, -0.25) is 0 Å². The highest BCUT2D eigenvalue weighted by molar-refractivity contribution is 7.33. The Morgan fingerprint density at radius 1 is 0.850 bits per heavy atom. The van der Waals surface area contributed by atoms with Gasteiger partial charge >= 0.3 is 8.25 Å². The van der Waals surface area contributed by atoms with Gasteiger partial charge < -0.3 is 0 Å². The van der Waals surface area contributed by atoms with Gasteiger partial charge in [-0.25, -0.2) is 9.59 Å². The molecular weight excluding hydrogens is 283 g/mol. The molecule has 0 radical (unpaired) electrons. The van der Waals surface area contributed by atoms with Crippen molar-refractivity contribution in [1.29, 1.82) is 0 Å². The quantitative estimate of drug-likeness (QED) is 0.350. The number of carbonyl (C=O) groups excluding carboxylic acids is 2. The lowest BCUT2D eigenvalue weighted by Gasteiger charge is -2.20. The third-order valence-electron chi connectivity index (χ3n) is 3.20. The molecule has 0 atom stereocenters. The molecule has 0 spiro atoms. The predicted octanol–water partition coefficient (Wildman–Crippen LogP) is 3.38. The van der Waals surface area contributed by atoms with E-state index in [1.54, 1.807) is 27.7 Å². The first-order valence-electron chi connectivity index (χ1n) is 6.50. The molecule has 0 aromatic heterocycles. The molecule has 0 saturated carbocycles. The number of nitrogens with zero attached hydrogens (tertiary/aromatic N) is 2. The van der Waals surface area contributed by atoms with Crippen LogP contribution in [0.4, 0.5) is 0 Å². The Morgan fingerprint density at radius 2 is 1.15 bits per heavy atom. The van der Waals surface area contributed by atoms with Crippen LogP contribution in [0.25, 0.3) is 0 Å². The molecule has 0 aliphatic rings. The number of hydrogen-bond donors (Lipinski definition) is 0. The standard InChI is InChI=1S/C12H20N2O5P/c1-5-11(6-2,13-9-15)18-20(17)19-12(7-3,8-4)14-10-16/h5-8H2,1-4H3/q+1. The van der Waals surface area contributed by atoms with E-state index < -0.39 is 19.7 Å². The first-order valence-corrected chi connectivity index (χ1v) is 7.60. The first-order chi connectivity index (χ1) is 9.46. The van der Waals surface area contributed by atoms with Crippen LogP contribution in [0.5, 0.6) is 0 Å². The van der Waals surface area contributed by atoms with Gasteiger partial charge in [0.1, 0.15) is 0 Å². The van der Waals surface area contributed by atoms with E-state index in [-0.39, 0.29) is 0 Å². The van der Waals surface area contributed by atoms with E-state index in [0.29, 0.717) is 25.7 Å². The van der Waals surface area contributed by atoms with Gasteiger partial charge in [-0.2, -0.15) is 9.98 Å². The molecule has 0 heterocycles. The van der Waals surface area contributed by atoms with Crippen molar-refractivity contribution in [2.75, 3.05) is 0 Å². The van der Waals surface area contributed by atoms with Crippen LogP contribution in [-0.2, 0) is 23.2 Å². The van der Waals surface area contributed by atoms with Crippen LogP contribution < -0.4 is 0 Å². The fraction of sp³-hybridized carbons (Fsp3) is 0.833. The maximum atomic E-state index is 12.0. The summed E-state index contributed by atoms with van der Waals surface area (Å²) in [4.78, 5) is 28.0. The molecule has 0 saturated heterocycles. The van der Waals surface area contributed by atoms with Crippen LogP contribution in [0.2, 0.25) is 0 Å². The normalized spacial score (nSPS) is 12.3. The summed E-state index contributed by atoms with van der Waals surface area (Å²) >= 11 is 0. The monoisotopic (exact) mass is 303 g/mol. The molecule has 0 bridgehead atoms. The average Bonchev–Trinajstić information content (AvgIpc) is 2.46. The van der Waals surface area contributed by atoms with Crippen LogP contribution in [-0.4, -0.2) is 23.6 Å². The van der Waals surface area contributed by atoms with Crippen molar-refractivity contribution in [2.45, 2.75) is 64.8 Å². The number of hydrogen-bond acceptors (Lipinski definition) is 7. The van der Waals surface area contributed by atoms with E-state index in [0.717, 1.165) is 0 Å². The molecule has 0 amide bonds. The maximum Gasteiger partial charge on any atom is 0.702 e. The fourth-order valence-electron chi connectivity index (χ4n) is 1.58. The lowest BCUT2D eigenvalue weighted by atomic mass is 10.1. The summed E-state index contributed by atoms with van der Waals surface area (Å²) in [7, 11) is -2.60. The highest BCUT2D eigenvalue weighted by Crippen LogP contribution is 2.41. The third kappa shape index (κ3) is 5.04. The van der Waals surface area contributed by atoms with Gasteiger partial charge in [0.2, 0.25) is 23.6 Å². The topological polar surface area (TPSA) is 94.4 Å². The fourth-order valence-corrected chi connectivity index (χ4v) is 2.77. The summed E-state index contributed by atoms with van der Waals surface area (Å²) in [5.41, 5.74) is -2.46. The molecule has 112 valence electrons. The van der Waals surface area contributed by atoms with E-state index in [2.05, 4.69) is 9.98 Å². The molecule has 0 rings (SSSR count). The second kappa shape index (κ2) is 8.85. The molecule has 0 fully saturated rings. The Bertz CT molecular complexity index is 382. The Morgan fingerprint density at radius 3 is 1.35 bits per heavy atom. The zero-order valence-electron chi connectivity index (χ0n) is 12.2. The molecule has 0 N–H and O–H groups in total. The SMILES string of the molecule is CCC(CC)(N=C=O)O[P+](=O)OC(CC)(CC)N=C=O. The highest BCUT2D eigenvalue weighted by atomic mass is 31.1. The van der Waals surface area contributed by atoms with E-state index in [9.17, 15) is 14.2 Å². The summed E-state index contributed by atoms with van der Waals surface area (Å²) < 4.78 is 22.5. The molecule has 0 aromatic carbocycles. The van der Waals surface area contributed by atoms with Crippen LogP contribution in [0.3, 0.4) is 0 Å². The number of aliphatic imine (C=N–C) groups is 2. The molecule has 0 unspecified atom stereocenters. The highest BCUT2D eigenvalue weighted by Gasteiger charge is 2.45. The summed E-state index contributed by atoms with van der Waals surface area (Å²) in [6, 6.07) is 0.